The number of hydrogen-bond donors (Lipinski definition) is 1. The van der Waals surface area contributed by atoms with Gasteiger partial charge in [-0.2, -0.15) is 0 Å². The summed E-state index contributed by atoms with van der Waals surface area (Å²) in [6.45, 7) is 4.12. The Labute approximate surface area is 83.2 Å². The van der Waals surface area contributed by atoms with Gasteiger partial charge < -0.3 is 10.5 Å². The van der Waals surface area contributed by atoms with E-state index in [4.69, 9.17) is 5.73 Å². The fraction of sp³-hybridized carbons (Fsp3) is 0.182. The van der Waals surface area contributed by atoms with Gasteiger partial charge in [-0.1, -0.05) is 24.8 Å². The molecule has 0 unspecified atom stereocenters. The summed E-state index contributed by atoms with van der Waals surface area (Å²) >= 11 is 0. The van der Waals surface area contributed by atoms with Gasteiger partial charge in [-0.05, 0) is 17.2 Å². The van der Waals surface area contributed by atoms with Crippen molar-refractivity contribution in [2.45, 2.75) is 0 Å². The first-order valence-corrected chi connectivity index (χ1v) is 4.26. The summed E-state index contributed by atoms with van der Waals surface area (Å²) in [4.78, 5) is 11.4. The average molecular weight is 191 g/mol. The molecule has 0 aromatic heterocycles. The van der Waals surface area contributed by atoms with Crippen LogP contribution in [0.15, 0.2) is 30.8 Å². The second kappa shape index (κ2) is 4.58. The van der Waals surface area contributed by atoms with E-state index in [-0.39, 0.29) is 5.97 Å². The van der Waals surface area contributed by atoms with Crippen LogP contribution in [0, 0.1) is 0 Å². The molecule has 0 bridgehead atoms. The van der Waals surface area contributed by atoms with Gasteiger partial charge in [-0.25, -0.2) is 4.79 Å². The molecule has 0 aliphatic carbocycles. The monoisotopic (exact) mass is 191 g/mol. The van der Waals surface area contributed by atoms with Crippen LogP contribution in [0.3, 0.4) is 0 Å². The number of carbonyl (C=O) groups is 1. The number of rotatable bonds is 3. The van der Waals surface area contributed by atoms with E-state index in [0.717, 1.165) is 11.1 Å². The molecule has 14 heavy (non-hydrogen) atoms. The molecule has 0 aliphatic heterocycles. The van der Waals surface area contributed by atoms with E-state index in [2.05, 4.69) is 11.3 Å². The number of nitrogens with two attached hydrogens (primary N) is 1. The van der Waals surface area contributed by atoms with Crippen LogP contribution in [0.25, 0.3) is 5.57 Å². The smallest absolute Gasteiger partial charge is 0.338 e. The number of carbonyl (C=O) groups excluding carboxylic acids is 1. The maximum Gasteiger partial charge on any atom is 0.338 e. The third kappa shape index (κ3) is 2.00. The molecule has 1 rings (SSSR count). The standard InChI is InChI=1S/C11H13NO2/c1-8(7-12)9-5-3-4-6-10(9)11(13)14-2/h3-6H,1,7,12H2,2H3. The highest BCUT2D eigenvalue weighted by Gasteiger charge is 2.11. The fourth-order valence-corrected chi connectivity index (χ4v) is 1.19. The number of benzene rings is 1. The summed E-state index contributed by atoms with van der Waals surface area (Å²) < 4.78 is 4.65. The average Bonchev–Trinajstić information content (AvgIpc) is 2.27. The Kier molecular flexibility index (Phi) is 3.42. The predicted molar refractivity (Wildman–Crippen MR) is 55.9 cm³/mol. The van der Waals surface area contributed by atoms with Crippen molar-refractivity contribution in [3.05, 3.63) is 42.0 Å². The second-order valence-corrected chi connectivity index (χ2v) is 2.84. The minimum atomic E-state index is -0.366. The highest BCUT2D eigenvalue weighted by molar-refractivity contribution is 5.95. The van der Waals surface area contributed by atoms with Gasteiger partial charge in [0.2, 0.25) is 0 Å². The predicted octanol–water partition coefficient (Wildman–Crippen LogP) is 1.45. The van der Waals surface area contributed by atoms with Crippen molar-refractivity contribution in [2.75, 3.05) is 13.7 Å². The summed E-state index contributed by atoms with van der Waals surface area (Å²) in [5.74, 6) is -0.366. The molecule has 0 fully saturated rings. The molecule has 3 heteroatoms. The lowest BCUT2D eigenvalue weighted by molar-refractivity contribution is 0.0600. The SMILES string of the molecule is C=C(CN)c1ccccc1C(=O)OC. The van der Waals surface area contributed by atoms with E-state index in [1.807, 2.05) is 6.07 Å². The fourth-order valence-electron chi connectivity index (χ4n) is 1.19. The Hall–Kier alpha value is -1.61. The molecule has 74 valence electrons. The molecule has 0 saturated carbocycles. The highest BCUT2D eigenvalue weighted by atomic mass is 16.5. The lowest BCUT2D eigenvalue weighted by atomic mass is 10.0. The molecule has 1 aromatic rings. The molecule has 0 heterocycles. The Bertz CT molecular complexity index is 323. The van der Waals surface area contributed by atoms with E-state index in [1.165, 1.54) is 7.11 Å². The van der Waals surface area contributed by atoms with E-state index >= 15 is 0 Å². The molecule has 2 N–H and O–H groups in total. The molecule has 0 radical (unpaired) electrons. The Balaban J connectivity index is 3.15. The minimum Gasteiger partial charge on any atom is -0.465 e. The molecular weight excluding hydrogens is 178 g/mol. The quantitative estimate of drug-likeness (QED) is 0.735. The summed E-state index contributed by atoms with van der Waals surface area (Å²) in [5, 5.41) is 0. The first kappa shape index (κ1) is 10.5. The third-order valence-corrected chi connectivity index (χ3v) is 1.96. The summed E-state index contributed by atoms with van der Waals surface area (Å²) in [6, 6.07) is 7.12. The van der Waals surface area contributed by atoms with Crippen LogP contribution in [0.1, 0.15) is 15.9 Å². The largest absolute Gasteiger partial charge is 0.465 e. The van der Waals surface area contributed by atoms with Crippen molar-refractivity contribution in [1.82, 2.24) is 0 Å². The van der Waals surface area contributed by atoms with Gasteiger partial charge in [0.05, 0.1) is 12.7 Å². The van der Waals surface area contributed by atoms with Crippen molar-refractivity contribution < 1.29 is 9.53 Å². The van der Waals surface area contributed by atoms with Crippen LogP contribution in [0.5, 0.6) is 0 Å². The molecule has 3 nitrogen and oxygen atoms in total. The molecule has 0 amide bonds. The molecule has 0 atom stereocenters. The van der Waals surface area contributed by atoms with E-state index in [0.29, 0.717) is 12.1 Å². The molecule has 1 aromatic carbocycles. The molecule has 0 spiro atoms. The minimum absolute atomic E-state index is 0.327. The highest BCUT2D eigenvalue weighted by Crippen LogP contribution is 2.17. The van der Waals surface area contributed by atoms with Crippen LogP contribution in [0.4, 0.5) is 0 Å². The number of ether oxygens (including phenoxy) is 1. The van der Waals surface area contributed by atoms with Crippen LogP contribution in [0.2, 0.25) is 0 Å². The third-order valence-electron chi connectivity index (χ3n) is 1.96. The first-order chi connectivity index (χ1) is 6.70. The van der Waals surface area contributed by atoms with Crippen molar-refractivity contribution in [2.24, 2.45) is 5.73 Å². The van der Waals surface area contributed by atoms with Gasteiger partial charge in [0.15, 0.2) is 0 Å². The van der Waals surface area contributed by atoms with Crippen LogP contribution in [-0.2, 0) is 4.74 Å². The molecule has 0 saturated heterocycles. The lowest BCUT2D eigenvalue weighted by Crippen LogP contribution is -2.08. The van der Waals surface area contributed by atoms with Crippen molar-refractivity contribution in [3.63, 3.8) is 0 Å². The maximum atomic E-state index is 11.4. The van der Waals surface area contributed by atoms with Gasteiger partial charge in [0.1, 0.15) is 0 Å². The first-order valence-electron chi connectivity index (χ1n) is 4.26. The maximum absolute atomic E-state index is 11.4. The van der Waals surface area contributed by atoms with Crippen molar-refractivity contribution in [3.8, 4) is 0 Å². The van der Waals surface area contributed by atoms with Gasteiger partial charge in [0, 0.05) is 6.54 Å². The van der Waals surface area contributed by atoms with Gasteiger partial charge in [-0.15, -0.1) is 0 Å². The van der Waals surface area contributed by atoms with E-state index < -0.39 is 0 Å². The Morgan fingerprint density at radius 2 is 2.00 bits per heavy atom. The van der Waals surface area contributed by atoms with Crippen LogP contribution in [-0.4, -0.2) is 19.6 Å². The van der Waals surface area contributed by atoms with Gasteiger partial charge in [0.25, 0.3) is 0 Å². The number of hydrogen-bond acceptors (Lipinski definition) is 3. The van der Waals surface area contributed by atoms with Crippen molar-refractivity contribution in [1.29, 1.82) is 0 Å². The molecular formula is C11H13NO2. The Morgan fingerprint density at radius 1 is 1.43 bits per heavy atom. The van der Waals surface area contributed by atoms with Crippen LogP contribution < -0.4 is 5.73 Å². The Morgan fingerprint density at radius 3 is 2.50 bits per heavy atom. The number of esters is 1. The van der Waals surface area contributed by atoms with E-state index in [1.54, 1.807) is 18.2 Å². The lowest BCUT2D eigenvalue weighted by Gasteiger charge is -2.08. The van der Waals surface area contributed by atoms with Gasteiger partial charge >= 0.3 is 5.97 Å². The summed E-state index contributed by atoms with van der Waals surface area (Å²) in [5.41, 5.74) is 7.45. The molecule has 0 aliphatic rings. The second-order valence-electron chi connectivity index (χ2n) is 2.84. The summed E-state index contributed by atoms with van der Waals surface area (Å²) in [7, 11) is 1.35. The zero-order valence-corrected chi connectivity index (χ0v) is 8.12. The van der Waals surface area contributed by atoms with Crippen molar-refractivity contribution >= 4 is 11.5 Å². The van der Waals surface area contributed by atoms with Gasteiger partial charge in [-0.3, -0.25) is 0 Å². The normalized spacial score (nSPS) is 9.57. The number of methoxy groups -OCH3 is 1. The zero-order chi connectivity index (χ0) is 10.6. The van der Waals surface area contributed by atoms with E-state index in [9.17, 15) is 4.79 Å². The van der Waals surface area contributed by atoms with Crippen LogP contribution >= 0.6 is 0 Å². The zero-order valence-electron chi connectivity index (χ0n) is 8.12. The topological polar surface area (TPSA) is 52.3 Å². The summed E-state index contributed by atoms with van der Waals surface area (Å²) in [6.07, 6.45) is 0.